The zero-order valence-electron chi connectivity index (χ0n) is 18.4. The molecule has 1 aliphatic heterocycles. The van der Waals surface area contributed by atoms with Crippen molar-refractivity contribution in [2.24, 2.45) is 4.99 Å². The molecule has 0 bridgehead atoms. The van der Waals surface area contributed by atoms with Gasteiger partial charge in [0.2, 0.25) is 5.91 Å². The van der Waals surface area contributed by atoms with Crippen molar-refractivity contribution in [2.45, 2.75) is 6.54 Å². The van der Waals surface area contributed by atoms with Crippen LogP contribution in [0.1, 0.15) is 5.56 Å². The van der Waals surface area contributed by atoms with E-state index in [-0.39, 0.29) is 12.5 Å². The van der Waals surface area contributed by atoms with Gasteiger partial charge in [-0.1, -0.05) is 12.1 Å². The van der Waals surface area contributed by atoms with Crippen molar-refractivity contribution in [1.29, 1.82) is 0 Å². The maximum atomic E-state index is 12.2. The number of amides is 1. The third-order valence-electron chi connectivity index (χ3n) is 5.28. The molecule has 1 amide bonds. The van der Waals surface area contributed by atoms with Gasteiger partial charge in [0.25, 0.3) is 0 Å². The molecule has 0 saturated carbocycles. The number of methoxy groups -OCH3 is 2. The van der Waals surface area contributed by atoms with E-state index in [0.717, 1.165) is 49.2 Å². The Kier molecular flexibility index (Phi) is 7.98. The average Bonchev–Trinajstić information content (AvgIpc) is 2.84. The number of hydrogen-bond acceptors (Lipinski definition) is 5. The van der Waals surface area contributed by atoms with E-state index in [1.165, 1.54) is 5.69 Å². The Labute approximate surface area is 183 Å². The predicted molar refractivity (Wildman–Crippen MR) is 123 cm³/mol. The van der Waals surface area contributed by atoms with Crippen LogP contribution in [0.15, 0.2) is 53.5 Å². The zero-order valence-corrected chi connectivity index (χ0v) is 18.4. The Balaban J connectivity index is 1.42. The first-order chi connectivity index (χ1) is 15.1. The molecule has 166 valence electrons. The molecule has 0 aliphatic carbocycles. The summed E-state index contributed by atoms with van der Waals surface area (Å²) in [6, 6.07) is 15.8. The highest BCUT2D eigenvalue weighted by molar-refractivity contribution is 5.86. The second-order valence-electron chi connectivity index (χ2n) is 7.20. The highest BCUT2D eigenvalue weighted by atomic mass is 16.5. The summed E-state index contributed by atoms with van der Waals surface area (Å²) in [7, 11) is 5.05. The molecular weight excluding hydrogens is 394 g/mol. The van der Waals surface area contributed by atoms with Crippen LogP contribution in [0.25, 0.3) is 0 Å². The van der Waals surface area contributed by atoms with Gasteiger partial charge < -0.3 is 29.9 Å². The molecule has 0 spiro atoms. The molecule has 2 aromatic carbocycles. The van der Waals surface area contributed by atoms with E-state index in [2.05, 4.69) is 37.6 Å². The molecule has 2 N–H and O–H groups in total. The second-order valence-corrected chi connectivity index (χ2v) is 7.20. The van der Waals surface area contributed by atoms with Crippen molar-refractivity contribution in [1.82, 2.24) is 15.5 Å². The third-order valence-corrected chi connectivity index (χ3v) is 5.28. The first-order valence-corrected chi connectivity index (χ1v) is 10.4. The Morgan fingerprint density at radius 2 is 1.48 bits per heavy atom. The summed E-state index contributed by atoms with van der Waals surface area (Å²) in [6.45, 7) is 4.09. The number of ether oxygens (including phenoxy) is 2. The van der Waals surface area contributed by atoms with Crippen molar-refractivity contribution in [3.05, 3.63) is 54.1 Å². The molecule has 0 unspecified atom stereocenters. The lowest BCUT2D eigenvalue weighted by molar-refractivity contribution is -0.120. The van der Waals surface area contributed by atoms with Gasteiger partial charge in [-0.15, -0.1) is 0 Å². The minimum atomic E-state index is -0.0752. The topological polar surface area (TPSA) is 78.4 Å². The molecule has 1 heterocycles. The maximum absolute atomic E-state index is 12.2. The van der Waals surface area contributed by atoms with Gasteiger partial charge in [0.1, 0.15) is 11.5 Å². The highest BCUT2D eigenvalue weighted by Crippen LogP contribution is 2.20. The fraction of sp³-hybridized carbons (Fsp3) is 0.391. The zero-order chi connectivity index (χ0) is 22.1. The highest BCUT2D eigenvalue weighted by Gasteiger charge is 2.20. The van der Waals surface area contributed by atoms with Crippen LogP contribution in [0, 0.1) is 0 Å². The SMILES string of the molecule is CN=C(NCC(=O)NCc1ccc(OC)cc1)N1CCN(c2ccc(OC)cc2)CC1. The molecule has 0 radical (unpaired) electrons. The molecule has 31 heavy (non-hydrogen) atoms. The molecule has 1 saturated heterocycles. The molecule has 8 nitrogen and oxygen atoms in total. The number of hydrogen-bond donors (Lipinski definition) is 2. The number of rotatable bonds is 7. The van der Waals surface area contributed by atoms with Crippen molar-refractivity contribution in [2.75, 3.05) is 58.9 Å². The van der Waals surface area contributed by atoms with Gasteiger partial charge in [0, 0.05) is 45.5 Å². The summed E-state index contributed by atoms with van der Waals surface area (Å²) >= 11 is 0. The fourth-order valence-electron chi connectivity index (χ4n) is 3.47. The first kappa shape index (κ1) is 22.3. The molecule has 3 rings (SSSR count). The molecule has 2 aromatic rings. The summed E-state index contributed by atoms with van der Waals surface area (Å²) in [6.07, 6.45) is 0. The Morgan fingerprint density at radius 1 is 0.903 bits per heavy atom. The van der Waals surface area contributed by atoms with Crippen LogP contribution in [0.3, 0.4) is 0 Å². The largest absolute Gasteiger partial charge is 0.497 e. The lowest BCUT2D eigenvalue weighted by Gasteiger charge is -2.37. The quantitative estimate of drug-likeness (QED) is 0.520. The van der Waals surface area contributed by atoms with Crippen LogP contribution in [0.2, 0.25) is 0 Å². The lowest BCUT2D eigenvalue weighted by Crippen LogP contribution is -2.53. The Bertz CT molecular complexity index is 860. The second kappa shape index (κ2) is 11.1. The van der Waals surface area contributed by atoms with Gasteiger partial charge in [-0.2, -0.15) is 0 Å². The molecule has 0 atom stereocenters. The number of piperazine rings is 1. The molecule has 1 aliphatic rings. The minimum absolute atomic E-state index is 0.0752. The van der Waals surface area contributed by atoms with Crippen molar-refractivity contribution in [3.63, 3.8) is 0 Å². The number of carbonyl (C=O) groups is 1. The summed E-state index contributed by atoms with van der Waals surface area (Å²) in [4.78, 5) is 21.1. The van der Waals surface area contributed by atoms with Crippen molar-refractivity contribution >= 4 is 17.6 Å². The minimum Gasteiger partial charge on any atom is -0.497 e. The number of carbonyl (C=O) groups excluding carboxylic acids is 1. The number of guanidine groups is 1. The molecular formula is C23H31N5O3. The summed E-state index contributed by atoms with van der Waals surface area (Å²) < 4.78 is 10.4. The van der Waals surface area contributed by atoms with E-state index in [0.29, 0.717) is 6.54 Å². The van der Waals surface area contributed by atoms with Crippen LogP contribution in [-0.2, 0) is 11.3 Å². The lowest BCUT2D eigenvalue weighted by atomic mass is 10.2. The first-order valence-electron chi connectivity index (χ1n) is 10.4. The van der Waals surface area contributed by atoms with Gasteiger partial charge in [0.05, 0.1) is 20.8 Å². The van der Waals surface area contributed by atoms with Gasteiger partial charge in [0.15, 0.2) is 5.96 Å². The Hall–Kier alpha value is -3.42. The average molecular weight is 426 g/mol. The monoisotopic (exact) mass is 425 g/mol. The van der Waals surface area contributed by atoms with Gasteiger partial charge in [-0.3, -0.25) is 9.79 Å². The van der Waals surface area contributed by atoms with E-state index in [1.807, 2.05) is 36.4 Å². The standard InChI is InChI=1S/C23H31N5O3/c1-24-23(26-17-22(29)25-16-18-4-8-20(30-2)9-5-18)28-14-12-27(13-15-28)19-6-10-21(31-3)11-7-19/h4-11H,12-17H2,1-3H3,(H,24,26)(H,25,29). The normalized spacial score (nSPS) is 14.2. The van der Waals surface area contributed by atoms with E-state index in [9.17, 15) is 4.79 Å². The van der Waals surface area contributed by atoms with Crippen LogP contribution in [-0.4, -0.2) is 70.8 Å². The van der Waals surface area contributed by atoms with Crippen molar-refractivity contribution in [3.8, 4) is 11.5 Å². The molecule has 0 aromatic heterocycles. The van der Waals surface area contributed by atoms with Crippen molar-refractivity contribution < 1.29 is 14.3 Å². The smallest absolute Gasteiger partial charge is 0.239 e. The van der Waals surface area contributed by atoms with Crippen LogP contribution < -0.4 is 25.0 Å². The van der Waals surface area contributed by atoms with E-state index >= 15 is 0 Å². The van der Waals surface area contributed by atoms with Gasteiger partial charge in [-0.05, 0) is 42.0 Å². The summed E-state index contributed by atoms with van der Waals surface area (Å²) in [5, 5.41) is 6.09. The number of anilines is 1. The van der Waals surface area contributed by atoms with E-state index in [4.69, 9.17) is 9.47 Å². The Morgan fingerprint density at radius 3 is 2.03 bits per heavy atom. The van der Waals surface area contributed by atoms with Crippen LogP contribution in [0.4, 0.5) is 5.69 Å². The van der Waals surface area contributed by atoms with E-state index in [1.54, 1.807) is 21.3 Å². The maximum Gasteiger partial charge on any atom is 0.239 e. The molecule has 1 fully saturated rings. The number of nitrogens with zero attached hydrogens (tertiary/aromatic N) is 3. The summed E-state index contributed by atoms with van der Waals surface area (Å²) in [5.74, 6) is 2.33. The number of nitrogens with one attached hydrogen (secondary N) is 2. The van der Waals surface area contributed by atoms with Gasteiger partial charge in [-0.25, -0.2) is 0 Å². The number of aliphatic imine (C=N–C) groups is 1. The third kappa shape index (κ3) is 6.28. The van der Waals surface area contributed by atoms with Crippen LogP contribution >= 0.6 is 0 Å². The van der Waals surface area contributed by atoms with Crippen LogP contribution in [0.5, 0.6) is 11.5 Å². The van der Waals surface area contributed by atoms with Gasteiger partial charge >= 0.3 is 0 Å². The fourth-order valence-corrected chi connectivity index (χ4v) is 3.47. The molecule has 8 heteroatoms. The van der Waals surface area contributed by atoms with E-state index < -0.39 is 0 Å². The number of benzene rings is 2. The predicted octanol–water partition coefficient (Wildman–Crippen LogP) is 1.72. The summed E-state index contributed by atoms with van der Waals surface area (Å²) in [5.41, 5.74) is 2.20.